The van der Waals surface area contributed by atoms with Gasteiger partial charge in [-0.05, 0) is 101 Å². The maximum Gasteiger partial charge on any atom is 0.0658 e. The Labute approximate surface area is 203 Å². The van der Waals surface area contributed by atoms with Gasteiger partial charge in [0.15, 0.2) is 0 Å². The molecule has 4 aliphatic carbocycles. The minimum absolute atomic E-state index is 0.170. The van der Waals surface area contributed by atoms with Crippen LogP contribution in [0.4, 0.5) is 0 Å². The minimum atomic E-state index is -0.360. The van der Waals surface area contributed by atoms with Crippen LogP contribution in [0.5, 0.6) is 0 Å². The molecule has 4 saturated carbocycles. The highest BCUT2D eigenvalue weighted by Crippen LogP contribution is 2.59. The third-order valence-corrected chi connectivity index (χ3v) is 10.5. The van der Waals surface area contributed by atoms with Crippen molar-refractivity contribution in [2.45, 2.75) is 129 Å². The van der Waals surface area contributed by atoms with E-state index in [4.69, 9.17) is 4.74 Å². The largest absolute Gasteiger partial charge is 0.392 e. The highest BCUT2D eigenvalue weighted by atomic mass is 16.5. The van der Waals surface area contributed by atoms with Gasteiger partial charge in [-0.1, -0.05) is 56.9 Å². The smallest absolute Gasteiger partial charge is 0.0658 e. The molecular weight excluding hydrogens is 408 g/mol. The molecule has 0 saturated heterocycles. The van der Waals surface area contributed by atoms with Crippen molar-refractivity contribution in [1.29, 1.82) is 0 Å². The zero-order chi connectivity index (χ0) is 23.6. The molecule has 2 N–H and O–H groups in total. The first-order chi connectivity index (χ1) is 15.8. The number of aliphatic hydroxyl groups excluding tert-OH is 2. The van der Waals surface area contributed by atoms with Crippen molar-refractivity contribution < 1.29 is 14.9 Å². The van der Waals surface area contributed by atoms with Gasteiger partial charge in [0.2, 0.25) is 0 Å². The van der Waals surface area contributed by atoms with Crippen LogP contribution in [0.3, 0.4) is 0 Å². The van der Waals surface area contributed by atoms with Gasteiger partial charge in [-0.15, -0.1) is 0 Å². The molecule has 0 radical (unpaired) electrons. The van der Waals surface area contributed by atoms with E-state index in [0.717, 1.165) is 38.2 Å². The molecule has 0 aromatic carbocycles. The molecule has 0 amide bonds. The van der Waals surface area contributed by atoms with E-state index < -0.39 is 0 Å². The summed E-state index contributed by atoms with van der Waals surface area (Å²) in [6.07, 6.45) is 19.2. The molecular formula is C30H50O3. The van der Waals surface area contributed by atoms with Crippen molar-refractivity contribution in [2.24, 2.45) is 28.6 Å². The fourth-order valence-corrected chi connectivity index (χ4v) is 7.89. The Balaban J connectivity index is 1.35. The molecule has 0 aromatic rings. The second kappa shape index (κ2) is 10.5. The van der Waals surface area contributed by atoms with Crippen LogP contribution in [0.25, 0.3) is 0 Å². The van der Waals surface area contributed by atoms with Gasteiger partial charge >= 0.3 is 0 Å². The van der Waals surface area contributed by atoms with Crippen molar-refractivity contribution in [2.75, 3.05) is 6.61 Å². The molecule has 3 nitrogen and oxygen atoms in total. The Hall–Kier alpha value is -0.640. The first-order valence-corrected chi connectivity index (χ1v) is 14.2. The molecule has 0 aromatic heterocycles. The van der Waals surface area contributed by atoms with E-state index in [0.29, 0.717) is 23.4 Å². The lowest BCUT2D eigenvalue weighted by atomic mass is 9.62. The van der Waals surface area contributed by atoms with Crippen molar-refractivity contribution in [3.63, 3.8) is 0 Å². The summed E-state index contributed by atoms with van der Waals surface area (Å²) in [6, 6.07) is 0. The van der Waals surface area contributed by atoms with Crippen LogP contribution in [-0.4, -0.2) is 35.1 Å². The lowest BCUT2D eigenvalue weighted by molar-refractivity contribution is -0.0269. The highest BCUT2D eigenvalue weighted by Gasteiger charge is 2.56. The van der Waals surface area contributed by atoms with Crippen LogP contribution in [0.15, 0.2) is 23.3 Å². The number of rotatable bonds is 9. The average molecular weight is 459 g/mol. The normalized spacial score (nSPS) is 37.5. The fourth-order valence-electron chi connectivity index (χ4n) is 7.89. The summed E-state index contributed by atoms with van der Waals surface area (Å²) in [5.41, 5.74) is 3.02. The predicted octanol–water partition coefficient (Wildman–Crippen LogP) is 6.97. The van der Waals surface area contributed by atoms with E-state index in [1.54, 1.807) is 5.57 Å². The molecule has 6 atom stereocenters. The molecule has 0 heterocycles. The van der Waals surface area contributed by atoms with E-state index >= 15 is 0 Å². The zero-order valence-electron chi connectivity index (χ0n) is 21.8. The van der Waals surface area contributed by atoms with Crippen molar-refractivity contribution in [3.05, 3.63) is 23.3 Å². The molecule has 4 rings (SSSR count). The molecule has 4 fully saturated rings. The number of allylic oxidation sites excluding steroid dienone is 3. The SMILES string of the molecule is CCC(CC)CCCOC(C)C1CCC2C(=CC=C3CC(O)C4(CC4)C(O)C3)CCCC21C. The monoisotopic (exact) mass is 458 g/mol. The van der Waals surface area contributed by atoms with E-state index in [9.17, 15) is 10.2 Å². The molecule has 6 unspecified atom stereocenters. The number of hydrogen-bond donors (Lipinski definition) is 2. The van der Waals surface area contributed by atoms with Gasteiger partial charge in [0, 0.05) is 12.0 Å². The van der Waals surface area contributed by atoms with Crippen molar-refractivity contribution in [1.82, 2.24) is 0 Å². The van der Waals surface area contributed by atoms with Gasteiger partial charge < -0.3 is 14.9 Å². The van der Waals surface area contributed by atoms with Crippen molar-refractivity contribution >= 4 is 0 Å². The molecule has 1 spiro atoms. The Morgan fingerprint density at radius 2 is 1.73 bits per heavy atom. The van der Waals surface area contributed by atoms with E-state index in [1.807, 2.05) is 0 Å². The summed E-state index contributed by atoms with van der Waals surface area (Å²) < 4.78 is 6.43. The second-order valence-corrected chi connectivity index (χ2v) is 12.2. The van der Waals surface area contributed by atoms with Gasteiger partial charge in [0.05, 0.1) is 18.3 Å². The maximum absolute atomic E-state index is 10.6. The number of hydrogen-bond acceptors (Lipinski definition) is 3. The standard InChI is InChI=1S/C30H50O3/c1-5-22(6-2)9-8-18-33-21(3)25-13-14-26-24(10-7-15-29(25,26)4)12-11-23-19-27(31)30(16-17-30)28(32)20-23/h11-12,21-22,25-28,31-32H,5-10,13-20H2,1-4H3. The van der Waals surface area contributed by atoms with E-state index in [1.165, 1.54) is 63.4 Å². The number of fused-ring (bicyclic) bond motifs is 1. The summed E-state index contributed by atoms with van der Waals surface area (Å²) in [7, 11) is 0. The maximum atomic E-state index is 10.6. The molecule has 0 aliphatic heterocycles. The third-order valence-electron chi connectivity index (χ3n) is 10.5. The lowest BCUT2D eigenvalue weighted by Gasteiger charge is -2.44. The fraction of sp³-hybridized carbons (Fsp3) is 0.867. The number of aliphatic hydroxyl groups is 2. The summed E-state index contributed by atoms with van der Waals surface area (Å²) in [5.74, 6) is 2.18. The van der Waals surface area contributed by atoms with Gasteiger partial charge in [-0.25, -0.2) is 0 Å². The third kappa shape index (κ3) is 5.16. The van der Waals surface area contributed by atoms with Crippen LogP contribution in [0.2, 0.25) is 0 Å². The first-order valence-electron chi connectivity index (χ1n) is 14.2. The molecule has 3 heteroatoms. The summed E-state index contributed by atoms with van der Waals surface area (Å²) in [4.78, 5) is 0. The van der Waals surface area contributed by atoms with Crippen molar-refractivity contribution in [3.8, 4) is 0 Å². The summed E-state index contributed by atoms with van der Waals surface area (Å²) in [5, 5.41) is 21.2. The van der Waals surface area contributed by atoms with Gasteiger partial charge in [-0.3, -0.25) is 0 Å². The Bertz CT molecular complexity index is 700. The lowest BCUT2D eigenvalue weighted by Crippen LogP contribution is -2.39. The molecule has 188 valence electrons. The summed E-state index contributed by atoms with van der Waals surface area (Å²) >= 11 is 0. The number of ether oxygens (including phenoxy) is 1. The Morgan fingerprint density at radius 3 is 2.36 bits per heavy atom. The van der Waals surface area contributed by atoms with Gasteiger partial charge in [0.1, 0.15) is 0 Å². The van der Waals surface area contributed by atoms with E-state index in [2.05, 4.69) is 39.8 Å². The average Bonchev–Trinajstić information content (AvgIpc) is 3.52. The second-order valence-electron chi connectivity index (χ2n) is 12.2. The highest BCUT2D eigenvalue weighted by molar-refractivity contribution is 5.28. The Morgan fingerprint density at radius 1 is 1.03 bits per heavy atom. The molecule has 4 aliphatic rings. The zero-order valence-corrected chi connectivity index (χ0v) is 21.8. The van der Waals surface area contributed by atoms with Crippen LogP contribution < -0.4 is 0 Å². The predicted molar refractivity (Wildman–Crippen MR) is 136 cm³/mol. The van der Waals surface area contributed by atoms with Gasteiger partial charge in [0.25, 0.3) is 0 Å². The summed E-state index contributed by atoms with van der Waals surface area (Å²) in [6.45, 7) is 10.4. The van der Waals surface area contributed by atoms with Crippen LogP contribution in [0.1, 0.15) is 111 Å². The minimum Gasteiger partial charge on any atom is -0.392 e. The Kier molecular flexibility index (Phi) is 8.13. The topological polar surface area (TPSA) is 49.7 Å². The van der Waals surface area contributed by atoms with Gasteiger partial charge in [-0.2, -0.15) is 0 Å². The molecule has 0 bridgehead atoms. The van der Waals surface area contributed by atoms with Crippen LogP contribution >= 0.6 is 0 Å². The first kappa shape index (κ1) is 25.5. The van der Waals surface area contributed by atoms with Crippen LogP contribution in [0, 0.1) is 28.6 Å². The quantitative estimate of drug-likeness (QED) is 0.367. The molecule has 33 heavy (non-hydrogen) atoms. The van der Waals surface area contributed by atoms with Crippen LogP contribution in [-0.2, 0) is 4.74 Å². The van der Waals surface area contributed by atoms with E-state index in [-0.39, 0.29) is 17.6 Å².